The fraction of sp³-hybridized carbons (Fsp3) is 0.455. The van der Waals surface area contributed by atoms with Crippen LogP contribution in [0.5, 0.6) is 0 Å². The SMILES string of the molecule is CC1(C)C(N)C1c1ccc(Cl)cc1. The molecular formula is C11H14ClN. The summed E-state index contributed by atoms with van der Waals surface area (Å²) in [6, 6.07) is 8.30. The molecule has 1 aromatic carbocycles. The van der Waals surface area contributed by atoms with Crippen LogP contribution < -0.4 is 5.73 Å². The summed E-state index contributed by atoms with van der Waals surface area (Å²) in [6.45, 7) is 4.41. The Morgan fingerprint density at radius 1 is 1.23 bits per heavy atom. The first-order valence-corrected chi connectivity index (χ1v) is 4.92. The monoisotopic (exact) mass is 195 g/mol. The highest BCUT2D eigenvalue weighted by molar-refractivity contribution is 6.30. The molecular weight excluding hydrogens is 182 g/mol. The van der Waals surface area contributed by atoms with Crippen LogP contribution in [0, 0.1) is 5.41 Å². The summed E-state index contributed by atoms with van der Waals surface area (Å²) in [7, 11) is 0. The number of hydrogen-bond donors (Lipinski definition) is 1. The molecule has 0 bridgehead atoms. The number of benzene rings is 1. The van der Waals surface area contributed by atoms with Crippen molar-refractivity contribution in [1.29, 1.82) is 0 Å². The second kappa shape index (κ2) is 2.73. The molecule has 0 saturated heterocycles. The van der Waals surface area contributed by atoms with Gasteiger partial charge in [0, 0.05) is 17.0 Å². The molecule has 0 aromatic heterocycles. The van der Waals surface area contributed by atoms with Gasteiger partial charge in [-0.25, -0.2) is 0 Å². The van der Waals surface area contributed by atoms with Gasteiger partial charge in [-0.05, 0) is 23.1 Å². The summed E-state index contributed by atoms with van der Waals surface area (Å²) >= 11 is 5.81. The second-order valence-electron chi connectivity index (χ2n) is 4.38. The van der Waals surface area contributed by atoms with Crippen LogP contribution in [-0.4, -0.2) is 6.04 Å². The molecule has 2 atom stereocenters. The molecule has 0 spiro atoms. The van der Waals surface area contributed by atoms with Gasteiger partial charge < -0.3 is 5.73 Å². The van der Waals surface area contributed by atoms with Crippen LogP contribution in [0.3, 0.4) is 0 Å². The highest BCUT2D eigenvalue weighted by Crippen LogP contribution is 2.57. The zero-order chi connectivity index (χ0) is 9.64. The lowest BCUT2D eigenvalue weighted by atomic mass is 10.0. The summed E-state index contributed by atoms with van der Waals surface area (Å²) < 4.78 is 0. The predicted octanol–water partition coefficient (Wildman–Crippen LogP) is 2.79. The predicted molar refractivity (Wildman–Crippen MR) is 55.9 cm³/mol. The van der Waals surface area contributed by atoms with Gasteiger partial charge in [-0.15, -0.1) is 0 Å². The molecule has 13 heavy (non-hydrogen) atoms. The lowest BCUT2D eigenvalue weighted by Crippen LogP contribution is -2.06. The van der Waals surface area contributed by atoms with Crippen LogP contribution in [0.2, 0.25) is 5.02 Å². The van der Waals surface area contributed by atoms with E-state index in [0.717, 1.165) is 5.02 Å². The molecule has 70 valence electrons. The third kappa shape index (κ3) is 1.36. The van der Waals surface area contributed by atoms with Gasteiger partial charge in [0.25, 0.3) is 0 Å². The van der Waals surface area contributed by atoms with Gasteiger partial charge in [-0.3, -0.25) is 0 Å². The minimum atomic E-state index is 0.258. The molecule has 2 rings (SSSR count). The molecule has 0 heterocycles. The van der Waals surface area contributed by atoms with Gasteiger partial charge in [0.15, 0.2) is 0 Å². The Hall–Kier alpha value is -0.530. The topological polar surface area (TPSA) is 26.0 Å². The Kier molecular flexibility index (Phi) is 1.90. The zero-order valence-corrected chi connectivity index (χ0v) is 8.68. The standard InChI is InChI=1S/C11H14ClN/c1-11(2)9(10(11)13)7-3-5-8(12)6-4-7/h3-6,9-10H,13H2,1-2H3. The number of nitrogens with two attached hydrogens (primary N) is 1. The molecule has 0 aliphatic heterocycles. The molecule has 1 aliphatic carbocycles. The molecule has 2 heteroatoms. The first-order chi connectivity index (χ1) is 6.03. The summed E-state index contributed by atoms with van der Waals surface area (Å²) in [6.07, 6.45) is 0. The average molecular weight is 196 g/mol. The van der Waals surface area contributed by atoms with E-state index in [9.17, 15) is 0 Å². The number of halogens is 1. The molecule has 1 nitrogen and oxygen atoms in total. The third-order valence-electron chi connectivity index (χ3n) is 3.14. The van der Waals surface area contributed by atoms with Crippen LogP contribution in [0.15, 0.2) is 24.3 Å². The summed E-state index contributed by atoms with van der Waals surface area (Å²) in [5.74, 6) is 0.504. The molecule has 1 fully saturated rings. The number of hydrogen-bond acceptors (Lipinski definition) is 1. The van der Waals surface area contributed by atoms with E-state index in [1.165, 1.54) is 5.56 Å². The molecule has 2 N–H and O–H groups in total. The molecule has 0 radical (unpaired) electrons. The second-order valence-corrected chi connectivity index (χ2v) is 4.81. The third-order valence-corrected chi connectivity index (χ3v) is 3.39. The highest BCUT2D eigenvalue weighted by Gasteiger charge is 2.55. The molecule has 0 amide bonds. The Bertz CT molecular complexity index is 315. The maximum Gasteiger partial charge on any atom is 0.0406 e. The normalized spacial score (nSPS) is 30.2. The van der Waals surface area contributed by atoms with Crippen molar-refractivity contribution in [1.82, 2.24) is 0 Å². The van der Waals surface area contributed by atoms with Gasteiger partial charge in [0.05, 0.1) is 0 Å². The van der Waals surface area contributed by atoms with Crippen molar-refractivity contribution in [2.45, 2.75) is 25.8 Å². The van der Waals surface area contributed by atoms with Crippen LogP contribution in [0.4, 0.5) is 0 Å². The van der Waals surface area contributed by atoms with Gasteiger partial charge in [0.2, 0.25) is 0 Å². The minimum Gasteiger partial charge on any atom is -0.327 e. The molecule has 1 aliphatic rings. The van der Waals surface area contributed by atoms with E-state index in [1.807, 2.05) is 12.1 Å². The van der Waals surface area contributed by atoms with Crippen molar-refractivity contribution in [2.75, 3.05) is 0 Å². The van der Waals surface area contributed by atoms with Gasteiger partial charge in [-0.2, -0.15) is 0 Å². The molecule has 1 saturated carbocycles. The van der Waals surface area contributed by atoms with Crippen molar-refractivity contribution in [3.63, 3.8) is 0 Å². The average Bonchev–Trinajstić information content (AvgIpc) is 2.55. The minimum absolute atomic E-state index is 0.258. The van der Waals surface area contributed by atoms with Crippen molar-refractivity contribution in [3.8, 4) is 0 Å². The van der Waals surface area contributed by atoms with Crippen molar-refractivity contribution in [3.05, 3.63) is 34.9 Å². The van der Waals surface area contributed by atoms with Crippen molar-refractivity contribution >= 4 is 11.6 Å². The lowest BCUT2D eigenvalue weighted by Gasteiger charge is -2.02. The van der Waals surface area contributed by atoms with Crippen molar-refractivity contribution in [2.24, 2.45) is 11.1 Å². The van der Waals surface area contributed by atoms with Crippen LogP contribution in [0.1, 0.15) is 25.3 Å². The maximum absolute atomic E-state index is 5.98. The van der Waals surface area contributed by atoms with E-state index in [0.29, 0.717) is 12.0 Å². The van der Waals surface area contributed by atoms with Crippen LogP contribution in [0.25, 0.3) is 0 Å². The van der Waals surface area contributed by atoms with Gasteiger partial charge >= 0.3 is 0 Å². The molecule has 2 unspecified atom stereocenters. The van der Waals surface area contributed by atoms with Crippen LogP contribution >= 0.6 is 11.6 Å². The summed E-state index contributed by atoms with van der Waals surface area (Å²) in [4.78, 5) is 0. The highest BCUT2D eigenvalue weighted by atomic mass is 35.5. The van der Waals surface area contributed by atoms with E-state index in [1.54, 1.807) is 0 Å². The van der Waals surface area contributed by atoms with E-state index in [-0.39, 0.29) is 5.41 Å². The van der Waals surface area contributed by atoms with E-state index >= 15 is 0 Å². The van der Waals surface area contributed by atoms with Gasteiger partial charge in [-0.1, -0.05) is 37.6 Å². The number of rotatable bonds is 1. The van der Waals surface area contributed by atoms with Gasteiger partial charge in [0.1, 0.15) is 0 Å². The lowest BCUT2D eigenvalue weighted by molar-refractivity contribution is 0.599. The summed E-state index contributed by atoms with van der Waals surface area (Å²) in [5, 5.41) is 0.788. The Balaban J connectivity index is 2.25. The fourth-order valence-electron chi connectivity index (χ4n) is 1.98. The first-order valence-electron chi connectivity index (χ1n) is 4.54. The quantitative estimate of drug-likeness (QED) is 0.733. The Morgan fingerprint density at radius 3 is 2.08 bits per heavy atom. The van der Waals surface area contributed by atoms with E-state index in [2.05, 4.69) is 26.0 Å². The zero-order valence-electron chi connectivity index (χ0n) is 7.92. The Labute approximate surface area is 83.9 Å². The van der Waals surface area contributed by atoms with E-state index in [4.69, 9.17) is 17.3 Å². The summed E-state index contributed by atoms with van der Waals surface area (Å²) in [5.41, 5.74) is 7.55. The smallest absolute Gasteiger partial charge is 0.0406 e. The van der Waals surface area contributed by atoms with Crippen LogP contribution in [-0.2, 0) is 0 Å². The fourth-order valence-corrected chi connectivity index (χ4v) is 2.11. The maximum atomic E-state index is 5.98. The van der Waals surface area contributed by atoms with E-state index < -0.39 is 0 Å². The Morgan fingerprint density at radius 2 is 1.69 bits per heavy atom. The van der Waals surface area contributed by atoms with Crippen molar-refractivity contribution < 1.29 is 0 Å². The molecule has 1 aromatic rings. The largest absolute Gasteiger partial charge is 0.327 e. The first kappa shape index (κ1) is 9.04.